The molecule has 0 aliphatic carbocycles. The standard InChI is InChI=1S/C19H14N4O2S2/c24-18(23-19-22-17(11-27-19)14-2-1-7-20-8-14)13-3-5-16(6-4-13)25-9-15-10-26-12-21-15/h1-8,10-12H,9H2,(H,22,23,24). The highest BCUT2D eigenvalue weighted by Gasteiger charge is 2.10. The van der Waals surface area contributed by atoms with Crippen LogP contribution in [-0.4, -0.2) is 20.9 Å². The molecule has 0 atom stereocenters. The molecule has 0 fully saturated rings. The van der Waals surface area contributed by atoms with Gasteiger partial charge in [0.1, 0.15) is 12.4 Å². The first kappa shape index (κ1) is 17.3. The van der Waals surface area contributed by atoms with E-state index in [0.29, 0.717) is 23.1 Å². The molecule has 27 heavy (non-hydrogen) atoms. The van der Waals surface area contributed by atoms with E-state index in [1.54, 1.807) is 42.2 Å². The Morgan fingerprint density at radius 3 is 2.78 bits per heavy atom. The Morgan fingerprint density at radius 2 is 2.04 bits per heavy atom. The van der Waals surface area contributed by atoms with Crippen molar-refractivity contribution >= 4 is 33.7 Å². The lowest BCUT2D eigenvalue weighted by Crippen LogP contribution is -2.11. The van der Waals surface area contributed by atoms with Gasteiger partial charge in [-0.1, -0.05) is 0 Å². The van der Waals surface area contributed by atoms with Crippen LogP contribution in [0, 0.1) is 0 Å². The Morgan fingerprint density at radius 1 is 1.15 bits per heavy atom. The Bertz CT molecular complexity index is 1020. The van der Waals surface area contributed by atoms with Gasteiger partial charge in [0, 0.05) is 34.3 Å². The van der Waals surface area contributed by atoms with E-state index in [1.165, 1.54) is 22.7 Å². The second kappa shape index (κ2) is 8.07. The summed E-state index contributed by atoms with van der Waals surface area (Å²) in [6.07, 6.45) is 3.45. The quantitative estimate of drug-likeness (QED) is 0.521. The van der Waals surface area contributed by atoms with Crippen LogP contribution in [0.2, 0.25) is 0 Å². The number of benzene rings is 1. The van der Waals surface area contributed by atoms with Crippen LogP contribution in [0.15, 0.2) is 65.1 Å². The normalized spacial score (nSPS) is 10.5. The summed E-state index contributed by atoms with van der Waals surface area (Å²) in [6.45, 7) is 0.408. The molecular formula is C19H14N4O2S2. The van der Waals surface area contributed by atoms with E-state index in [0.717, 1.165) is 17.0 Å². The number of amides is 1. The van der Waals surface area contributed by atoms with E-state index in [4.69, 9.17) is 4.74 Å². The highest BCUT2D eigenvalue weighted by molar-refractivity contribution is 7.14. The summed E-state index contributed by atoms with van der Waals surface area (Å²) >= 11 is 2.91. The van der Waals surface area contributed by atoms with Gasteiger partial charge in [0.2, 0.25) is 0 Å². The summed E-state index contributed by atoms with van der Waals surface area (Å²) in [7, 11) is 0. The number of hydrogen-bond donors (Lipinski definition) is 1. The van der Waals surface area contributed by atoms with Crippen LogP contribution in [0.5, 0.6) is 5.75 Å². The number of pyridine rings is 1. The first-order chi connectivity index (χ1) is 13.3. The summed E-state index contributed by atoms with van der Waals surface area (Å²) in [5.74, 6) is 0.473. The third-order valence-electron chi connectivity index (χ3n) is 3.67. The number of ether oxygens (including phenoxy) is 1. The molecule has 0 aliphatic heterocycles. The monoisotopic (exact) mass is 394 g/mol. The smallest absolute Gasteiger partial charge is 0.257 e. The highest BCUT2D eigenvalue weighted by atomic mass is 32.1. The van der Waals surface area contributed by atoms with E-state index in [2.05, 4.69) is 20.3 Å². The zero-order chi connectivity index (χ0) is 18.5. The van der Waals surface area contributed by atoms with Crippen molar-refractivity contribution in [3.05, 3.63) is 76.3 Å². The number of carbonyl (C=O) groups excluding carboxylic acids is 1. The van der Waals surface area contributed by atoms with Crippen molar-refractivity contribution in [1.29, 1.82) is 0 Å². The van der Waals surface area contributed by atoms with Crippen molar-refractivity contribution in [3.8, 4) is 17.0 Å². The summed E-state index contributed by atoms with van der Waals surface area (Å²) in [5.41, 5.74) is 4.89. The fraction of sp³-hybridized carbons (Fsp3) is 0.0526. The molecule has 134 valence electrons. The van der Waals surface area contributed by atoms with Gasteiger partial charge in [0.15, 0.2) is 5.13 Å². The van der Waals surface area contributed by atoms with Crippen molar-refractivity contribution in [2.75, 3.05) is 5.32 Å². The average Bonchev–Trinajstić information content (AvgIpc) is 3.39. The Labute approximate surface area is 163 Å². The van der Waals surface area contributed by atoms with E-state index in [9.17, 15) is 4.79 Å². The molecule has 8 heteroatoms. The van der Waals surface area contributed by atoms with Crippen LogP contribution in [-0.2, 0) is 6.61 Å². The van der Waals surface area contributed by atoms with Crippen molar-refractivity contribution in [2.24, 2.45) is 0 Å². The first-order valence-electron chi connectivity index (χ1n) is 8.05. The predicted molar refractivity (Wildman–Crippen MR) is 106 cm³/mol. The number of carbonyl (C=O) groups is 1. The first-order valence-corrected chi connectivity index (χ1v) is 9.87. The number of nitrogens with zero attached hydrogens (tertiary/aromatic N) is 3. The van der Waals surface area contributed by atoms with Crippen LogP contribution in [0.4, 0.5) is 5.13 Å². The van der Waals surface area contributed by atoms with Gasteiger partial charge in [-0.3, -0.25) is 15.1 Å². The molecule has 0 aliphatic rings. The molecule has 0 spiro atoms. The molecule has 6 nitrogen and oxygen atoms in total. The Kier molecular flexibility index (Phi) is 5.17. The van der Waals surface area contributed by atoms with Gasteiger partial charge in [-0.25, -0.2) is 9.97 Å². The molecule has 0 saturated heterocycles. The predicted octanol–water partition coefficient (Wildman–Crippen LogP) is 4.49. The third kappa shape index (κ3) is 4.36. The Hall–Kier alpha value is -3.10. The topological polar surface area (TPSA) is 77.0 Å². The number of aromatic nitrogens is 3. The minimum absolute atomic E-state index is 0.215. The lowest BCUT2D eigenvalue weighted by Gasteiger charge is -2.06. The molecule has 0 bridgehead atoms. The fourth-order valence-electron chi connectivity index (χ4n) is 2.32. The molecule has 3 aromatic heterocycles. The Balaban J connectivity index is 1.37. The van der Waals surface area contributed by atoms with Crippen LogP contribution >= 0.6 is 22.7 Å². The maximum atomic E-state index is 12.4. The molecule has 0 unspecified atom stereocenters. The number of anilines is 1. The zero-order valence-corrected chi connectivity index (χ0v) is 15.7. The molecule has 0 saturated carbocycles. The molecule has 1 amide bonds. The number of nitrogens with one attached hydrogen (secondary N) is 1. The largest absolute Gasteiger partial charge is 0.487 e. The second-order valence-electron chi connectivity index (χ2n) is 5.53. The zero-order valence-electron chi connectivity index (χ0n) is 14.0. The summed E-state index contributed by atoms with van der Waals surface area (Å²) < 4.78 is 5.65. The van der Waals surface area contributed by atoms with Crippen LogP contribution in [0.25, 0.3) is 11.3 Å². The van der Waals surface area contributed by atoms with Crippen LogP contribution in [0.3, 0.4) is 0 Å². The van der Waals surface area contributed by atoms with Gasteiger partial charge in [0.25, 0.3) is 5.91 Å². The van der Waals surface area contributed by atoms with Gasteiger partial charge in [-0.05, 0) is 36.4 Å². The maximum absolute atomic E-state index is 12.4. The maximum Gasteiger partial charge on any atom is 0.257 e. The van der Waals surface area contributed by atoms with Gasteiger partial charge >= 0.3 is 0 Å². The van der Waals surface area contributed by atoms with Gasteiger partial charge in [0.05, 0.1) is 16.9 Å². The van der Waals surface area contributed by atoms with E-state index in [-0.39, 0.29) is 5.91 Å². The molecule has 1 N–H and O–H groups in total. The molecule has 4 aromatic rings. The summed E-state index contributed by atoms with van der Waals surface area (Å²) in [4.78, 5) is 25.1. The van der Waals surface area contributed by atoms with Crippen molar-refractivity contribution in [3.63, 3.8) is 0 Å². The molecule has 1 aromatic carbocycles. The van der Waals surface area contributed by atoms with Gasteiger partial charge in [-0.2, -0.15) is 0 Å². The third-order valence-corrected chi connectivity index (χ3v) is 5.06. The number of rotatable bonds is 6. The molecular weight excluding hydrogens is 380 g/mol. The SMILES string of the molecule is O=C(Nc1nc(-c2cccnc2)cs1)c1ccc(OCc2cscn2)cc1. The summed E-state index contributed by atoms with van der Waals surface area (Å²) in [6, 6.07) is 10.8. The lowest BCUT2D eigenvalue weighted by atomic mass is 10.2. The van der Waals surface area contributed by atoms with Crippen LogP contribution < -0.4 is 10.1 Å². The number of hydrogen-bond acceptors (Lipinski definition) is 7. The minimum atomic E-state index is -0.215. The van der Waals surface area contributed by atoms with E-state index < -0.39 is 0 Å². The molecule has 4 rings (SSSR count). The summed E-state index contributed by atoms with van der Waals surface area (Å²) in [5, 5.41) is 7.20. The minimum Gasteiger partial charge on any atom is -0.487 e. The highest BCUT2D eigenvalue weighted by Crippen LogP contribution is 2.24. The van der Waals surface area contributed by atoms with E-state index >= 15 is 0 Å². The second-order valence-corrected chi connectivity index (χ2v) is 7.10. The van der Waals surface area contributed by atoms with Gasteiger partial charge < -0.3 is 4.74 Å². The number of thiazole rings is 2. The lowest BCUT2D eigenvalue weighted by molar-refractivity contribution is 0.102. The van der Waals surface area contributed by atoms with Crippen molar-refractivity contribution < 1.29 is 9.53 Å². The molecule has 0 radical (unpaired) electrons. The van der Waals surface area contributed by atoms with Crippen molar-refractivity contribution in [2.45, 2.75) is 6.61 Å². The van der Waals surface area contributed by atoms with Gasteiger partial charge in [-0.15, -0.1) is 22.7 Å². The fourth-order valence-corrected chi connectivity index (χ4v) is 3.57. The van der Waals surface area contributed by atoms with E-state index in [1.807, 2.05) is 22.9 Å². The van der Waals surface area contributed by atoms with Crippen molar-refractivity contribution in [1.82, 2.24) is 15.0 Å². The van der Waals surface area contributed by atoms with Crippen LogP contribution in [0.1, 0.15) is 16.1 Å². The molecule has 3 heterocycles. The average molecular weight is 394 g/mol.